The third kappa shape index (κ3) is 3.72. The Hall–Kier alpha value is -1.06. The first-order valence-electron chi connectivity index (χ1n) is 5.58. The first-order valence-corrected chi connectivity index (χ1v) is 5.95. The summed E-state index contributed by atoms with van der Waals surface area (Å²) >= 11 is 5.84. The lowest BCUT2D eigenvalue weighted by atomic mass is 9.87. The molecule has 0 aromatic heterocycles. The van der Waals surface area contributed by atoms with E-state index in [1.165, 1.54) is 7.11 Å². The topological polar surface area (TPSA) is 38.3 Å². The summed E-state index contributed by atoms with van der Waals surface area (Å²) in [7, 11) is 3.24. The molecule has 0 radical (unpaired) electrons. The van der Waals surface area contributed by atoms with Crippen LogP contribution in [-0.4, -0.2) is 26.7 Å². The van der Waals surface area contributed by atoms with Crippen molar-refractivity contribution in [2.24, 2.45) is 5.92 Å². The molecule has 1 N–H and O–H groups in total. The number of esters is 1. The fourth-order valence-corrected chi connectivity index (χ4v) is 1.96. The first kappa shape index (κ1) is 14.0. The van der Waals surface area contributed by atoms with Crippen molar-refractivity contribution < 1.29 is 9.53 Å². The van der Waals surface area contributed by atoms with Crippen LogP contribution < -0.4 is 5.32 Å². The van der Waals surface area contributed by atoms with Crippen LogP contribution in [0.4, 0.5) is 0 Å². The van der Waals surface area contributed by atoms with Crippen LogP contribution in [0.3, 0.4) is 0 Å². The number of carbonyl (C=O) groups is 1. The third-order valence-corrected chi connectivity index (χ3v) is 3.18. The molecule has 0 aliphatic carbocycles. The van der Waals surface area contributed by atoms with Crippen LogP contribution in [-0.2, 0) is 9.53 Å². The van der Waals surface area contributed by atoms with Crippen molar-refractivity contribution in [2.75, 3.05) is 20.7 Å². The lowest BCUT2D eigenvalue weighted by Crippen LogP contribution is -2.31. The highest BCUT2D eigenvalue weighted by molar-refractivity contribution is 6.30. The van der Waals surface area contributed by atoms with E-state index in [-0.39, 0.29) is 17.8 Å². The van der Waals surface area contributed by atoms with E-state index < -0.39 is 0 Å². The predicted octanol–water partition coefficient (Wildman–Crippen LogP) is 2.45. The standard InChI is InChI=1S/C13H18ClNO2/c1-9(10-4-6-11(14)7-5-10)12(8-15-2)13(16)17-3/h4-7,9,12,15H,8H2,1-3H3. The summed E-state index contributed by atoms with van der Waals surface area (Å²) in [5.41, 5.74) is 1.08. The van der Waals surface area contributed by atoms with Crippen molar-refractivity contribution in [3.05, 3.63) is 34.9 Å². The van der Waals surface area contributed by atoms with Gasteiger partial charge in [-0.05, 0) is 30.7 Å². The molecular formula is C13H18ClNO2. The van der Waals surface area contributed by atoms with Crippen molar-refractivity contribution >= 4 is 17.6 Å². The molecule has 94 valence electrons. The van der Waals surface area contributed by atoms with Gasteiger partial charge in [-0.2, -0.15) is 0 Å². The Morgan fingerprint density at radius 1 is 1.41 bits per heavy atom. The summed E-state index contributed by atoms with van der Waals surface area (Å²) in [6.07, 6.45) is 0. The molecule has 1 aromatic rings. The largest absolute Gasteiger partial charge is 0.469 e. The molecule has 0 heterocycles. The van der Waals surface area contributed by atoms with Gasteiger partial charge in [-0.1, -0.05) is 30.7 Å². The van der Waals surface area contributed by atoms with Gasteiger partial charge in [-0.15, -0.1) is 0 Å². The number of nitrogens with one attached hydrogen (secondary N) is 1. The van der Waals surface area contributed by atoms with Gasteiger partial charge in [0.05, 0.1) is 13.0 Å². The Labute approximate surface area is 107 Å². The van der Waals surface area contributed by atoms with Gasteiger partial charge in [0, 0.05) is 11.6 Å². The average molecular weight is 256 g/mol. The zero-order valence-electron chi connectivity index (χ0n) is 10.4. The van der Waals surface area contributed by atoms with Gasteiger partial charge in [0.1, 0.15) is 0 Å². The Morgan fingerprint density at radius 3 is 2.47 bits per heavy atom. The minimum absolute atomic E-state index is 0.0900. The molecule has 4 heteroatoms. The zero-order valence-corrected chi connectivity index (χ0v) is 11.1. The molecule has 0 saturated carbocycles. The maximum absolute atomic E-state index is 11.7. The van der Waals surface area contributed by atoms with Gasteiger partial charge in [0.2, 0.25) is 0 Å². The molecule has 2 atom stereocenters. The van der Waals surface area contributed by atoms with Crippen molar-refractivity contribution in [2.45, 2.75) is 12.8 Å². The molecule has 0 bridgehead atoms. The highest BCUT2D eigenvalue weighted by Gasteiger charge is 2.26. The van der Waals surface area contributed by atoms with Crippen LogP contribution in [0, 0.1) is 5.92 Å². The summed E-state index contributed by atoms with van der Waals surface area (Å²) in [5, 5.41) is 3.72. The summed E-state index contributed by atoms with van der Waals surface area (Å²) in [5.74, 6) is -0.292. The Kier molecular flexibility index (Phi) is 5.45. The molecule has 2 unspecified atom stereocenters. The van der Waals surface area contributed by atoms with E-state index in [1.54, 1.807) is 0 Å². The predicted molar refractivity (Wildman–Crippen MR) is 69.3 cm³/mol. The van der Waals surface area contributed by atoms with E-state index in [1.807, 2.05) is 38.2 Å². The van der Waals surface area contributed by atoms with Gasteiger partial charge in [0.25, 0.3) is 0 Å². The zero-order chi connectivity index (χ0) is 12.8. The van der Waals surface area contributed by atoms with E-state index in [4.69, 9.17) is 16.3 Å². The molecule has 0 aliphatic rings. The molecule has 0 spiro atoms. The van der Waals surface area contributed by atoms with Gasteiger partial charge >= 0.3 is 5.97 Å². The van der Waals surface area contributed by atoms with E-state index in [0.717, 1.165) is 5.56 Å². The van der Waals surface area contributed by atoms with E-state index in [0.29, 0.717) is 11.6 Å². The van der Waals surface area contributed by atoms with Gasteiger partial charge < -0.3 is 10.1 Å². The van der Waals surface area contributed by atoms with Crippen LogP contribution in [0.2, 0.25) is 5.02 Å². The minimum atomic E-state index is -0.193. The highest BCUT2D eigenvalue weighted by Crippen LogP contribution is 2.26. The van der Waals surface area contributed by atoms with Gasteiger partial charge in [-0.25, -0.2) is 0 Å². The van der Waals surface area contributed by atoms with E-state index in [2.05, 4.69) is 5.32 Å². The monoisotopic (exact) mass is 255 g/mol. The van der Waals surface area contributed by atoms with Crippen molar-refractivity contribution in [1.29, 1.82) is 0 Å². The lowest BCUT2D eigenvalue weighted by Gasteiger charge is -2.21. The molecule has 0 aliphatic heterocycles. The van der Waals surface area contributed by atoms with Gasteiger partial charge in [0.15, 0.2) is 0 Å². The Balaban J connectivity index is 2.86. The smallest absolute Gasteiger partial charge is 0.310 e. The molecule has 3 nitrogen and oxygen atoms in total. The summed E-state index contributed by atoms with van der Waals surface area (Å²) < 4.78 is 4.83. The van der Waals surface area contributed by atoms with E-state index >= 15 is 0 Å². The summed E-state index contributed by atoms with van der Waals surface area (Å²) in [6, 6.07) is 7.55. The van der Waals surface area contributed by atoms with Crippen LogP contribution in [0.1, 0.15) is 18.4 Å². The second-order valence-electron chi connectivity index (χ2n) is 4.03. The number of hydrogen-bond donors (Lipinski definition) is 1. The highest BCUT2D eigenvalue weighted by atomic mass is 35.5. The second kappa shape index (κ2) is 6.62. The quantitative estimate of drug-likeness (QED) is 0.822. The average Bonchev–Trinajstić information content (AvgIpc) is 2.35. The summed E-state index contributed by atoms with van der Waals surface area (Å²) in [4.78, 5) is 11.7. The molecular weight excluding hydrogens is 238 g/mol. The van der Waals surface area contributed by atoms with E-state index in [9.17, 15) is 4.79 Å². The van der Waals surface area contributed by atoms with Crippen LogP contribution in [0.25, 0.3) is 0 Å². The fraction of sp³-hybridized carbons (Fsp3) is 0.462. The van der Waals surface area contributed by atoms with Crippen LogP contribution in [0.5, 0.6) is 0 Å². The first-order chi connectivity index (χ1) is 8.10. The summed E-state index contributed by atoms with van der Waals surface area (Å²) in [6.45, 7) is 2.61. The second-order valence-corrected chi connectivity index (χ2v) is 4.46. The normalized spacial score (nSPS) is 14.1. The lowest BCUT2D eigenvalue weighted by molar-refractivity contribution is -0.145. The number of carbonyl (C=O) groups excluding carboxylic acids is 1. The fourth-order valence-electron chi connectivity index (χ4n) is 1.83. The Bertz CT molecular complexity index is 364. The third-order valence-electron chi connectivity index (χ3n) is 2.93. The van der Waals surface area contributed by atoms with Crippen molar-refractivity contribution in [3.8, 4) is 0 Å². The number of benzene rings is 1. The number of hydrogen-bond acceptors (Lipinski definition) is 3. The molecule has 1 aromatic carbocycles. The molecule has 1 rings (SSSR count). The Morgan fingerprint density at radius 2 is 2.00 bits per heavy atom. The molecule has 17 heavy (non-hydrogen) atoms. The maximum atomic E-state index is 11.7. The maximum Gasteiger partial charge on any atom is 0.310 e. The van der Waals surface area contributed by atoms with Crippen molar-refractivity contribution in [3.63, 3.8) is 0 Å². The van der Waals surface area contributed by atoms with Crippen LogP contribution >= 0.6 is 11.6 Å². The number of methoxy groups -OCH3 is 1. The molecule has 0 fully saturated rings. The van der Waals surface area contributed by atoms with Gasteiger partial charge in [-0.3, -0.25) is 4.79 Å². The minimum Gasteiger partial charge on any atom is -0.469 e. The molecule has 0 saturated heterocycles. The van der Waals surface area contributed by atoms with Crippen molar-refractivity contribution in [1.82, 2.24) is 5.32 Å². The molecule has 0 amide bonds. The SMILES string of the molecule is CNCC(C(=O)OC)C(C)c1ccc(Cl)cc1. The number of rotatable bonds is 5. The number of ether oxygens (including phenoxy) is 1. The van der Waals surface area contributed by atoms with Crippen LogP contribution in [0.15, 0.2) is 24.3 Å². The number of halogens is 1.